The zero-order valence-corrected chi connectivity index (χ0v) is 9.86. The van der Waals surface area contributed by atoms with Gasteiger partial charge in [-0.15, -0.1) is 0 Å². The summed E-state index contributed by atoms with van der Waals surface area (Å²) in [5.41, 5.74) is 8.59. The second kappa shape index (κ2) is 3.49. The van der Waals surface area contributed by atoms with Gasteiger partial charge in [0.1, 0.15) is 11.0 Å². The average molecular weight is 248 g/mol. The van der Waals surface area contributed by atoms with Crippen LogP contribution in [0.5, 0.6) is 0 Å². The van der Waals surface area contributed by atoms with Crippen LogP contribution in [0.3, 0.4) is 0 Å². The second-order valence-corrected chi connectivity index (χ2v) is 4.18. The highest BCUT2D eigenvalue weighted by Crippen LogP contribution is 2.34. The highest BCUT2D eigenvalue weighted by molar-refractivity contribution is 6.35. The first kappa shape index (κ1) is 10.2. The smallest absolute Gasteiger partial charge is 0.132 e. The van der Waals surface area contributed by atoms with Crippen LogP contribution in [0.25, 0.3) is 22.0 Å². The summed E-state index contributed by atoms with van der Waals surface area (Å²) >= 11 is 6.10. The molecule has 0 unspecified atom stereocenters. The Labute approximate surface area is 102 Å². The lowest BCUT2D eigenvalue weighted by Gasteiger charge is -2.02. The van der Waals surface area contributed by atoms with Crippen LogP contribution in [0.4, 0.5) is 5.82 Å². The minimum atomic E-state index is 0.513. The number of aromatic amines is 1. The molecule has 5 nitrogen and oxygen atoms in total. The summed E-state index contributed by atoms with van der Waals surface area (Å²) in [5.74, 6) is 0.606. The monoisotopic (exact) mass is 247 g/mol. The molecule has 0 fully saturated rings. The Bertz CT molecular complexity index is 697. The van der Waals surface area contributed by atoms with Crippen molar-refractivity contribution < 1.29 is 0 Å². The normalized spacial score (nSPS) is 11.2. The molecule has 2 aromatic heterocycles. The van der Waals surface area contributed by atoms with Crippen molar-refractivity contribution in [1.29, 1.82) is 0 Å². The van der Waals surface area contributed by atoms with Gasteiger partial charge >= 0.3 is 0 Å². The third-order valence-electron chi connectivity index (χ3n) is 2.81. The molecule has 0 aliphatic carbocycles. The number of fused-ring (bicyclic) bond motifs is 1. The van der Waals surface area contributed by atoms with Gasteiger partial charge in [0.25, 0.3) is 0 Å². The van der Waals surface area contributed by atoms with Crippen molar-refractivity contribution >= 4 is 28.3 Å². The van der Waals surface area contributed by atoms with E-state index < -0.39 is 0 Å². The number of benzene rings is 1. The molecule has 3 aromatic rings. The molecule has 0 saturated carbocycles. The number of hydrogen-bond acceptors (Lipinski definition) is 3. The largest absolute Gasteiger partial charge is 0.383 e. The minimum absolute atomic E-state index is 0.513. The number of nitrogens with zero attached hydrogens (tertiary/aromatic N) is 3. The fourth-order valence-corrected chi connectivity index (χ4v) is 2.15. The van der Waals surface area contributed by atoms with Crippen molar-refractivity contribution in [3.05, 3.63) is 29.5 Å². The van der Waals surface area contributed by atoms with E-state index in [1.165, 1.54) is 0 Å². The topological polar surface area (TPSA) is 72.5 Å². The molecule has 0 saturated heterocycles. The molecule has 0 aliphatic heterocycles. The number of nitrogen functional groups attached to an aromatic ring is 1. The van der Waals surface area contributed by atoms with E-state index in [1.54, 1.807) is 17.9 Å². The van der Waals surface area contributed by atoms with Crippen molar-refractivity contribution in [3.8, 4) is 11.1 Å². The van der Waals surface area contributed by atoms with E-state index in [9.17, 15) is 0 Å². The minimum Gasteiger partial charge on any atom is -0.383 e. The van der Waals surface area contributed by atoms with Gasteiger partial charge in [-0.05, 0) is 11.6 Å². The summed E-state index contributed by atoms with van der Waals surface area (Å²) in [4.78, 5) is 0. The second-order valence-electron chi connectivity index (χ2n) is 3.80. The van der Waals surface area contributed by atoms with Gasteiger partial charge in [-0.1, -0.05) is 23.7 Å². The summed E-state index contributed by atoms with van der Waals surface area (Å²) in [6, 6.07) is 5.77. The molecule has 17 heavy (non-hydrogen) atoms. The fourth-order valence-electron chi connectivity index (χ4n) is 1.91. The Morgan fingerprint density at radius 3 is 2.88 bits per heavy atom. The van der Waals surface area contributed by atoms with Crippen molar-refractivity contribution in [2.24, 2.45) is 7.05 Å². The summed E-state index contributed by atoms with van der Waals surface area (Å²) in [6.07, 6.45) is 1.73. The van der Waals surface area contributed by atoms with Crippen LogP contribution >= 0.6 is 11.6 Å². The molecule has 0 amide bonds. The zero-order chi connectivity index (χ0) is 12.0. The molecule has 0 atom stereocenters. The van der Waals surface area contributed by atoms with E-state index >= 15 is 0 Å². The van der Waals surface area contributed by atoms with E-state index in [1.807, 2.05) is 18.2 Å². The van der Waals surface area contributed by atoms with Crippen LogP contribution in [0.2, 0.25) is 5.15 Å². The van der Waals surface area contributed by atoms with Crippen LogP contribution in [0.15, 0.2) is 24.4 Å². The van der Waals surface area contributed by atoms with Crippen molar-refractivity contribution in [2.45, 2.75) is 0 Å². The van der Waals surface area contributed by atoms with Gasteiger partial charge in [0, 0.05) is 18.0 Å². The standard InChI is InChI=1S/C11H10ClN5/c1-17-11(13)7(5-14-17)6-3-2-4-8-9(6)10(12)16-15-8/h2-5H,13H2,1H3,(H,15,16). The van der Waals surface area contributed by atoms with E-state index in [4.69, 9.17) is 17.3 Å². The number of hydrogen-bond donors (Lipinski definition) is 2. The van der Waals surface area contributed by atoms with Crippen LogP contribution in [-0.4, -0.2) is 20.0 Å². The number of aromatic nitrogens is 4. The Morgan fingerprint density at radius 1 is 1.35 bits per heavy atom. The predicted octanol–water partition coefficient (Wildman–Crippen LogP) is 2.20. The van der Waals surface area contributed by atoms with Crippen molar-refractivity contribution in [2.75, 3.05) is 5.73 Å². The SMILES string of the molecule is Cn1ncc(-c2cccc3n[nH]c(Cl)c23)c1N. The van der Waals surface area contributed by atoms with Gasteiger partial charge < -0.3 is 5.73 Å². The van der Waals surface area contributed by atoms with Crippen LogP contribution in [0, 0.1) is 0 Å². The van der Waals surface area contributed by atoms with Crippen LogP contribution in [0.1, 0.15) is 0 Å². The lowest BCUT2D eigenvalue weighted by atomic mass is 10.0. The van der Waals surface area contributed by atoms with Gasteiger partial charge in [-0.3, -0.25) is 9.78 Å². The number of aryl methyl sites for hydroxylation is 1. The number of nitrogens with one attached hydrogen (secondary N) is 1. The number of nitrogens with two attached hydrogens (primary N) is 1. The van der Waals surface area contributed by atoms with E-state index in [-0.39, 0.29) is 0 Å². The zero-order valence-electron chi connectivity index (χ0n) is 9.11. The highest BCUT2D eigenvalue weighted by Gasteiger charge is 2.14. The third kappa shape index (κ3) is 1.39. The first-order valence-corrected chi connectivity index (χ1v) is 5.46. The Hall–Kier alpha value is -2.01. The average Bonchev–Trinajstić information content (AvgIpc) is 2.86. The maximum atomic E-state index is 6.10. The summed E-state index contributed by atoms with van der Waals surface area (Å²) < 4.78 is 1.63. The highest BCUT2D eigenvalue weighted by atomic mass is 35.5. The summed E-state index contributed by atoms with van der Waals surface area (Å²) in [7, 11) is 1.80. The maximum Gasteiger partial charge on any atom is 0.132 e. The quantitative estimate of drug-likeness (QED) is 0.692. The van der Waals surface area contributed by atoms with E-state index in [0.717, 1.165) is 22.0 Å². The molecule has 3 N–H and O–H groups in total. The number of H-pyrrole nitrogens is 1. The summed E-state index contributed by atoms with van der Waals surface area (Å²) in [6.45, 7) is 0. The lowest BCUT2D eigenvalue weighted by molar-refractivity contribution is 0.779. The van der Waals surface area contributed by atoms with Crippen LogP contribution < -0.4 is 5.73 Å². The molecule has 0 spiro atoms. The Morgan fingerprint density at radius 2 is 2.18 bits per heavy atom. The van der Waals surface area contributed by atoms with Gasteiger partial charge in [0.05, 0.1) is 11.7 Å². The molecule has 0 bridgehead atoms. The molecule has 3 rings (SSSR count). The van der Waals surface area contributed by atoms with E-state index in [2.05, 4.69) is 15.3 Å². The maximum absolute atomic E-state index is 6.10. The Balaban J connectivity index is 2.37. The lowest BCUT2D eigenvalue weighted by Crippen LogP contribution is -1.98. The molecule has 2 heterocycles. The van der Waals surface area contributed by atoms with Gasteiger partial charge in [-0.2, -0.15) is 10.2 Å². The molecule has 6 heteroatoms. The molecular weight excluding hydrogens is 238 g/mol. The molecule has 0 radical (unpaired) electrons. The third-order valence-corrected chi connectivity index (χ3v) is 3.08. The first-order chi connectivity index (χ1) is 8.18. The van der Waals surface area contributed by atoms with Crippen LogP contribution in [-0.2, 0) is 7.05 Å². The van der Waals surface area contributed by atoms with Crippen molar-refractivity contribution in [3.63, 3.8) is 0 Å². The number of anilines is 1. The molecule has 0 aliphatic rings. The Kier molecular flexibility index (Phi) is 2.09. The molecular formula is C11H10ClN5. The van der Waals surface area contributed by atoms with Crippen molar-refractivity contribution in [1.82, 2.24) is 20.0 Å². The van der Waals surface area contributed by atoms with Gasteiger partial charge in [0.2, 0.25) is 0 Å². The number of rotatable bonds is 1. The van der Waals surface area contributed by atoms with Gasteiger partial charge in [0.15, 0.2) is 0 Å². The number of halogens is 1. The fraction of sp³-hybridized carbons (Fsp3) is 0.0909. The van der Waals surface area contributed by atoms with Gasteiger partial charge in [-0.25, -0.2) is 0 Å². The summed E-state index contributed by atoms with van der Waals surface area (Å²) in [5, 5.41) is 12.4. The first-order valence-electron chi connectivity index (χ1n) is 5.09. The molecule has 86 valence electrons. The predicted molar refractivity (Wildman–Crippen MR) is 67.7 cm³/mol. The molecule has 1 aromatic carbocycles. The van der Waals surface area contributed by atoms with E-state index in [0.29, 0.717) is 11.0 Å².